The standard InChI is InChI=1S/C23H26N2O2/c1-3-17-9-10-21-19(13-17)11-12-24(21)23(27)20-14-22(26)25(15-20)16(2)18-7-5-4-6-8-18/h4-10,13,16,20H,3,11-12,14-15H2,1-2H3. The quantitative estimate of drug-likeness (QED) is 0.831. The van der Waals surface area contributed by atoms with Crippen molar-refractivity contribution in [1.82, 2.24) is 4.90 Å². The van der Waals surface area contributed by atoms with Crippen molar-refractivity contribution in [3.8, 4) is 0 Å². The van der Waals surface area contributed by atoms with Crippen LogP contribution in [0.1, 0.15) is 43.0 Å². The molecule has 2 heterocycles. The van der Waals surface area contributed by atoms with E-state index in [1.54, 1.807) is 0 Å². The summed E-state index contributed by atoms with van der Waals surface area (Å²) in [5.41, 5.74) is 4.69. The Morgan fingerprint density at radius 2 is 1.96 bits per heavy atom. The first-order valence-corrected chi connectivity index (χ1v) is 9.86. The monoisotopic (exact) mass is 362 g/mol. The summed E-state index contributed by atoms with van der Waals surface area (Å²) in [5.74, 6) is -0.0833. The summed E-state index contributed by atoms with van der Waals surface area (Å²) in [4.78, 5) is 29.5. The molecule has 0 saturated carbocycles. The van der Waals surface area contributed by atoms with Crippen molar-refractivity contribution in [2.75, 3.05) is 18.0 Å². The molecule has 0 bridgehead atoms. The largest absolute Gasteiger partial charge is 0.335 e. The molecular formula is C23H26N2O2. The molecule has 2 aromatic carbocycles. The van der Waals surface area contributed by atoms with Crippen LogP contribution in [0.15, 0.2) is 48.5 Å². The highest BCUT2D eigenvalue weighted by Gasteiger charge is 2.40. The molecule has 0 aromatic heterocycles. The zero-order chi connectivity index (χ0) is 19.0. The Morgan fingerprint density at radius 3 is 2.70 bits per heavy atom. The Kier molecular flexibility index (Phi) is 4.73. The molecule has 1 saturated heterocycles. The van der Waals surface area contributed by atoms with E-state index < -0.39 is 0 Å². The van der Waals surface area contributed by atoms with Gasteiger partial charge in [0.25, 0.3) is 0 Å². The lowest BCUT2D eigenvalue weighted by molar-refractivity contribution is -0.130. The second-order valence-electron chi connectivity index (χ2n) is 7.59. The minimum absolute atomic E-state index is 0.00511. The molecule has 4 rings (SSSR count). The van der Waals surface area contributed by atoms with Crippen molar-refractivity contribution in [3.63, 3.8) is 0 Å². The third kappa shape index (κ3) is 3.25. The molecule has 1 fully saturated rings. The van der Waals surface area contributed by atoms with Crippen LogP contribution in [0.3, 0.4) is 0 Å². The Bertz CT molecular complexity index is 862. The van der Waals surface area contributed by atoms with Gasteiger partial charge >= 0.3 is 0 Å². The summed E-state index contributed by atoms with van der Waals surface area (Å²) < 4.78 is 0. The molecule has 2 unspecified atom stereocenters. The summed E-state index contributed by atoms with van der Waals surface area (Å²) in [6.45, 7) is 5.41. The molecule has 4 nitrogen and oxygen atoms in total. The molecule has 27 heavy (non-hydrogen) atoms. The fourth-order valence-corrected chi connectivity index (χ4v) is 4.31. The average Bonchev–Trinajstić information content (AvgIpc) is 3.30. The molecular weight excluding hydrogens is 336 g/mol. The molecule has 2 aliphatic heterocycles. The Hall–Kier alpha value is -2.62. The predicted octanol–water partition coefficient (Wildman–Crippen LogP) is 3.75. The third-order valence-electron chi connectivity index (χ3n) is 5.97. The van der Waals surface area contributed by atoms with E-state index in [4.69, 9.17) is 0 Å². The number of fused-ring (bicyclic) bond motifs is 1. The number of hydrogen-bond donors (Lipinski definition) is 0. The first kappa shape index (κ1) is 17.8. The van der Waals surface area contributed by atoms with Gasteiger partial charge in [-0.05, 0) is 42.5 Å². The van der Waals surface area contributed by atoms with E-state index in [0.29, 0.717) is 13.0 Å². The second-order valence-corrected chi connectivity index (χ2v) is 7.59. The minimum atomic E-state index is -0.250. The van der Waals surface area contributed by atoms with E-state index in [0.717, 1.165) is 30.6 Å². The van der Waals surface area contributed by atoms with Crippen LogP contribution in [0.2, 0.25) is 0 Å². The Morgan fingerprint density at radius 1 is 1.19 bits per heavy atom. The topological polar surface area (TPSA) is 40.6 Å². The number of hydrogen-bond acceptors (Lipinski definition) is 2. The van der Waals surface area contributed by atoms with Gasteiger partial charge < -0.3 is 9.80 Å². The van der Waals surface area contributed by atoms with Gasteiger partial charge in [-0.2, -0.15) is 0 Å². The molecule has 0 N–H and O–H groups in total. The summed E-state index contributed by atoms with van der Waals surface area (Å²) in [6.07, 6.45) is 2.22. The lowest BCUT2D eigenvalue weighted by Crippen LogP contribution is -2.36. The van der Waals surface area contributed by atoms with Crippen LogP contribution in [0.25, 0.3) is 0 Å². The Balaban J connectivity index is 1.49. The normalized spacial score (nSPS) is 20.1. The Labute approximate surface area is 160 Å². The van der Waals surface area contributed by atoms with Gasteiger partial charge in [0, 0.05) is 25.2 Å². The van der Waals surface area contributed by atoms with Crippen LogP contribution in [-0.4, -0.2) is 29.8 Å². The summed E-state index contributed by atoms with van der Waals surface area (Å²) in [6, 6.07) is 16.4. The van der Waals surface area contributed by atoms with Crippen molar-refractivity contribution in [1.29, 1.82) is 0 Å². The first-order chi connectivity index (χ1) is 13.1. The minimum Gasteiger partial charge on any atom is -0.335 e. The van der Waals surface area contributed by atoms with Gasteiger partial charge in [-0.1, -0.05) is 49.4 Å². The van der Waals surface area contributed by atoms with E-state index >= 15 is 0 Å². The maximum absolute atomic E-state index is 13.2. The maximum Gasteiger partial charge on any atom is 0.232 e. The molecule has 0 radical (unpaired) electrons. The number of anilines is 1. The van der Waals surface area contributed by atoms with E-state index in [-0.39, 0.29) is 23.8 Å². The van der Waals surface area contributed by atoms with Gasteiger partial charge in [0.05, 0.1) is 12.0 Å². The number of benzene rings is 2. The third-order valence-corrected chi connectivity index (χ3v) is 5.97. The van der Waals surface area contributed by atoms with Crippen LogP contribution in [0.4, 0.5) is 5.69 Å². The lowest BCUT2D eigenvalue weighted by Gasteiger charge is -2.26. The predicted molar refractivity (Wildman–Crippen MR) is 107 cm³/mol. The number of carbonyl (C=O) groups is 2. The van der Waals surface area contributed by atoms with Gasteiger partial charge in [0.1, 0.15) is 0 Å². The zero-order valence-electron chi connectivity index (χ0n) is 16.0. The van der Waals surface area contributed by atoms with Crippen molar-refractivity contribution in [2.45, 2.75) is 39.2 Å². The molecule has 2 amide bonds. The van der Waals surface area contributed by atoms with Crippen molar-refractivity contribution >= 4 is 17.5 Å². The van der Waals surface area contributed by atoms with Gasteiger partial charge in [0.2, 0.25) is 11.8 Å². The van der Waals surface area contributed by atoms with Gasteiger partial charge in [0.15, 0.2) is 0 Å². The van der Waals surface area contributed by atoms with Crippen molar-refractivity contribution < 1.29 is 9.59 Å². The molecule has 140 valence electrons. The lowest BCUT2D eigenvalue weighted by atomic mass is 10.1. The number of carbonyl (C=O) groups excluding carboxylic acids is 2. The van der Waals surface area contributed by atoms with Gasteiger partial charge in [-0.25, -0.2) is 0 Å². The maximum atomic E-state index is 13.2. The highest BCUT2D eigenvalue weighted by atomic mass is 16.2. The van der Waals surface area contributed by atoms with E-state index in [2.05, 4.69) is 25.1 Å². The van der Waals surface area contributed by atoms with Crippen LogP contribution in [0, 0.1) is 5.92 Å². The number of aryl methyl sites for hydroxylation is 1. The summed E-state index contributed by atoms with van der Waals surface area (Å²) >= 11 is 0. The van der Waals surface area contributed by atoms with Crippen molar-refractivity contribution in [2.24, 2.45) is 5.92 Å². The van der Waals surface area contributed by atoms with Gasteiger partial charge in [-0.15, -0.1) is 0 Å². The van der Waals surface area contributed by atoms with E-state index in [1.807, 2.05) is 47.1 Å². The fraction of sp³-hybridized carbons (Fsp3) is 0.391. The first-order valence-electron chi connectivity index (χ1n) is 9.86. The van der Waals surface area contributed by atoms with Gasteiger partial charge in [-0.3, -0.25) is 9.59 Å². The highest BCUT2D eigenvalue weighted by Crippen LogP contribution is 2.34. The zero-order valence-corrected chi connectivity index (χ0v) is 16.0. The summed E-state index contributed by atoms with van der Waals surface area (Å²) in [5, 5.41) is 0. The number of likely N-dealkylation sites (tertiary alicyclic amines) is 1. The average molecular weight is 362 g/mol. The summed E-state index contributed by atoms with van der Waals surface area (Å²) in [7, 11) is 0. The second kappa shape index (κ2) is 7.18. The molecule has 2 atom stereocenters. The van der Waals surface area contributed by atoms with E-state index in [9.17, 15) is 9.59 Å². The highest BCUT2D eigenvalue weighted by molar-refractivity contribution is 6.00. The fourth-order valence-electron chi connectivity index (χ4n) is 4.31. The number of amides is 2. The molecule has 4 heteroatoms. The van der Waals surface area contributed by atoms with Crippen LogP contribution in [-0.2, 0) is 22.4 Å². The van der Waals surface area contributed by atoms with Crippen molar-refractivity contribution in [3.05, 3.63) is 65.2 Å². The molecule has 0 spiro atoms. The van der Waals surface area contributed by atoms with E-state index in [1.165, 1.54) is 11.1 Å². The number of rotatable bonds is 4. The molecule has 2 aromatic rings. The molecule has 0 aliphatic carbocycles. The van der Waals surface area contributed by atoms with Crippen LogP contribution < -0.4 is 4.90 Å². The SMILES string of the molecule is CCc1ccc2c(c1)CCN2C(=O)C1CC(=O)N(C(C)c2ccccc2)C1. The smallest absolute Gasteiger partial charge is 0.232 e. The number of nitrogens with zero attached hydrogens (tertiary/aromatic N) is 2. The van der Waals surface area contributed by atoms with Crippen LogP contribution in [0.5, 0.6) is 0 Å². The van der Waals surface area contributed by atoms with Crippen LogP contribution >= 0.6 is 0 Å². The molecule has 2 aliphatic rings.